The number of rotatable bonds is 4. The Kier molecular flexibility index (Phi) is 4.09. The molecule has 2 aromatic heterocycles. The highest BCUT2D eigenvalue weighted by atomic mass is 16.2. The van der Waals surface area contributed by atoms with E-state index in [1.165, 1.54) is 12.8 Å². The monoisotopic (exact) mass is 299 g/mol. The topological polar surface area (TPSA) is 63.1 Å². The van der Waals surface area contributed by atoms with E-state index in [-0.39, 0.29) is 12.5 Å². The van der Waals surface area contributed by atoms with Gasteiger partial charge >= 0.3 is 0 Å². The number of nitrogens with one attached hydrogen (secondary N) is 1. The van der Waals surface area contributed by atoms with Crippen LogP contribution in [0, 0.1) is 13.8 Å². The molecule has 0 radical (unpaired) electrons. The molecular formula is C16H21N5O. The van der Waals surface area contributed by atoms with E-state index in [9.17, 15) is 4.79 Å². The van der Waals surface area contributed by atoms with Gasteiger partial charge < -0.3 is 10.2 Å². The third-order valence-corrected chi connectivity index (χ3v) is 3.86. The van der Waals surface area contributed by atoms with Crippen molar-refractivity contribution < 1.29 is 4.79 Å². The van der Waals surface area contributed by atoms with E-state index in [0.29, 0.717) is 0 Å². The molecule has 1 N–H and O–H groups in total. The summed E-state index contributed by atoms with van der Waals surface area (Å²) < 4.78 is 1.71. The summed E-state index contributed by atoms with van der Waals surface area (Å²) in [4.78, 5) is 18.8. The Morgan fingerprint density at radius 1 is 1.27 bits per heavy atom. The van der Waals surface area contributed by atoms with E-state index in [1.54, 1.807) is 10.9 Å². The van der Waals surface area contributed by atoms with Crippen LogP contribution in [0.5, 0.6) is 0 Å². The van der Waals surface area contributed by atoms with Crippen molar-refractivity contribution in [2.24, 2.45) is 0 Å². The van der Waals surface area contributed by atoms with Gasteiger partial charge in [0.1, 0.15) is 12.4 Å². The van der Waals surface area contributed by atoms with Gasteiger partial charge in [-0.05, 0) is 44.9 Å². The number of hydrogen-bond acceptors (Lipinski definition) is 4. The predicted molar refractivity (Wildman–Crippen MR) is 86.0 cm³/mol. The number of carbonyl (C=O) groups excluding carboxylic acids is 1. The number of aromatic nitrogens is 3. The number of nitrogens with zero attached hydrogens (tertiary/aromatic N) is 4. The smallest absolute Gasteiger partial charge is 0.246 e. The molecule has 0 aromatic carbocycles. The molecule has 116 valence electrons. The lowest BCUT2D eigenvalue weighted by Crippen LogP contribution is -2.21. The van der Waals surface area contributed by atoms with Crippen LogP contribution < -0.4 is 10.2 Å². The average molecular weight is 299 g/mol. The first-order valence-corrected chi connectivity index (χ1v) is 7.64. The van der Waals surface area contributed by atoms with Gasteiger partial charge in [-0.1, -0.05) is 0 Å². The van der Waals surface area contributed by atoms with Crippen molar-refractivity contribution in [3.63, 3.8) is 0 Å². The van der Waals surface area contributed by atoms with Crippen LogP contribution in [-0.2, 0) is 11.3 Å². The first-order chi connectivity index (χ1) is 10.6. The van der Waals surface area contributed by atoms with Crippen molar-refractivity contribution in [3.8, 4) is 0 Å². The minimum atomic E-state index is -0.0954. The van der Waals surface area contributed by atoms with Crippen LogP contribution in [0.3, 0.4) is 0 Å². The Morgan fingerprint density at radius 3 is 2.64 bits per heavy atom. The summed E-state index contributed by atoms with van der Waals surface area (Å²) >= 11 is 0. The standard InChI is InChI=1S/C16H21N5O/c1-12-9-13(2)21(19-12)11-16(22)18-14-5-6-15(17-10-14)20-7-3-4-8-20/h5-6,9-10H,3-4,7-8,11H2,1-2H3,(H,18,22). The molecule has 0 spiro atoms. The molecule has 1 aliphatic rings. The van der Waals surface area contributed by atoms with Crippen molar-refractivity contribution in [2.45, 2.75) is 33.2 Å². The Balaban J connectivity index is 1.60. The van der Waals surface area contributed by atoms with Crippen LogP contribution in [-0.4, -0.2) is 33.8 Å². The molecule has 1 aliphatic heterocycles. The first-order valence-electron chi connectivity index (χ1n) is 7.64. The summed E-state index contributed by atoms with van der Waals surface area (Å²) in [6.07, 6.45) is 4.17. The highest BCUT2D eigenvalue weighted by Gasteiger charge is 2.13. The van der Waals surface area contributed by atoms with Crippen molar-refractivity contribution >= 4 is 17.4 Å². The van der Waals surface area contributed by atoms with E-state index < -0.39 is 0 Å². The predicted octanol–water partition coefficient (Wildman–Crippen LogP) is 2.13. The summed E-state index contributed by atoms with van der Waals surface area (Å²) in [5.74, 6) is 0.885. The van der Waals surface area contributed by atoms with Gasteiger partial charge in [-0.3, -0.25) is 9.48 Å². The van der Waals surface area contributed by atoms with Crippen LogP contribution >= 0.6 is 0 Å². The molecule has 3 rings (SSSR count). The molecule has 0 aliphatic carbocycles. The van der Waals surface area contributed by atoms with Crippen LogP contribution in [0.4, 0.5) is 11.5 Å². The molecule has 0 saturated carbocycles. The summed E-state index contributed by atoms with van der Waals surface area (Å²) in [6.45, 7) is 6.21. The van der Waals surface area contributed by atoms with Crippen molar-refractivity contribution in [1.29, 1.82) is 0 Å². The minimum absolute atomic E-state index is 0.0954. The lowest BCUT2D eigenvalue weighted by molar-refractivity contribution is -0.116. The normalized spacial score (nSPS) is 14.4. The molecule has 2 aromatic rings. The van der Waals surface area contributed by atoms with Crippen LogP contribution in [0.1, 0.15) is 24.2 Å². The van der Waals surface area contributed by atoms with Gasteiger partial charge in [0.2, 0.25) is 5.91 Å². The fraction of sp³-hybridized carbons (Fsp3) is 0.438. The highest BCUT2D eigenvalue weighted by Crippen LogP contribution is 2.19. The molecule has 0 atom stereocenters. The van der Waals surface area contributed by atoms with E-state index in [2.05, 4.69) is 20.3 Å². The average Bonchev–Trinajstić information content (AvgIpc) is 3.10. The third-order valence-electron chi connectivity index (χ3n) is 3.86. The number of carbonyl (C=O) groups is 1. The Hall–Kier alpha value is -2.37. The van der Waals surface area contributed by atoms with E-state index in [4.69, 9.17) is 0 Å². The number of anilines is 2. The zero-order chi connectivity index (χ0) is 15.5. The molecule has 1 fully saturated rings. The van der Waals surface area contributed by atoms with Gasteiger partial charge in [-0.15, -0.1) is 0 Å². The number of pyridine rings is 1. The number of amides is 1. The van der Waals surface area contributed by atoms with Gasteiger partial charge in [0, 0.05) is 18.8 Å². The molecule has 22 heavy (non-hydrogen) atoms. The maximum Gasteiger partial charge on any atom is 0.246 e. The lowest BCUT2D eigenvalue weighted by atomic mass is 10.3. The molecule has 6 nitrogen and oxygen atoms in total. The fourth-order valence-corrected chi connectivity index (χ4v) is 2.76. The summed E-state index contributed by atoms with van der Waals surface area (Å²) in [7, 11) is 0. The molecule has 1 saturated heterocycles. The summed E-state index contributed by atoms with van der Waals surface area (Å²) in [5.41, 5.74) is 2.62. The van der Waals surface area contributed by atoms with Gasteiger partial charge in [-0.2, -0.15) is 5.10 Å². The van der Waals surface area contributed by atoms with Gasteiger partial charge in [0.05, 0.1) is 17.6 Å². The first kappa shape index (κ1) is 14.6. The van der Waals surface area contributed by atoms with Gasteiger partial charge in [0.15, 0.2) is 0 Å². The number of hydrogen-bond donors (Lipinski definition) is 1. The second-order valence-electron chi connectivity index (χ2n) is 5.73. The highest BCUT2D eigenvalue weighted by molar-refractivity contribution is 5.90. The lowest BCUT2D eigenvalue weighted by Gasteiger charge is -2.16. The largest absolute Gasteiger partial charge is 0.357 e. The Bertz CT molecular complexity index is 656. The van der Waals surface area contributed by atoms with Crippen LogP contribution in [0.2, 0.25) is 0 Å². The van der Waals surface area contributed by atoms with E-state index in [0.717, 1.165) is 36.0 Å². The quantitative estimate of drug-likeness (QED) is 0.939. The van der Waals surface area contributed by atoms with Gasteiger partial charge in [-0.25, -0.2) is 4.98 Å². The zero-order valence-electron chi connectivity index (χ0n) is 13.0. The molecule has 1 amide bonds. The Morgan fingerprint density at radius 2 is 2.05 bits per heavy atom. The molecule has 0 bridgehead atoms. The second kappa shape index (κ2) is 6.17. The van der Waals surface area contributed by atoms with E-state index in [1.807, 2.05) is 32.0 Å². The second-order valence-corrected chi connectivity index (χ2v) is 5.73. The molecular weight excluding hydrogens is 278 g/mol. The van der Waals surface area contributed by atoms with Crippen molar-refractivity contribution in [2.75, 3.05) is 23.3 Å². The molecule has 3 heterocycles. The maximum atomic E-state index is 12.1. The fourth-order valence-electron chi connectivity index (χ4n) is 2.76. The van der Waals surface area contributed by atoms with E-state index >= 15 is 0 Å². The number of aryl methyl sites for hydroxylation is 2. The summed E-state index contributed by atoms with van der Waals surface area (Å²) in [5, 5.41) is 7.16. The molecule has 0 unspecified atom stereocenters. The van der Waals surface area contributed by atoms with Crippen LogP contribution in [0.15, 0.2) is 24.4 Å². The SMILES string of the molecule is Cc1cc(C)n(CC(=O)Nc2ccc(N3CCCC3)nc2)n1. The zero-order valence-corrected chi connectivity index (χ0v) is 13.0. The van der Waals surface area contributed by atoms with Crippen LogP contribution in [0.25, 0.3) is 0 Å². The minimum Gasteiger partial charge on any atom is -0.357 e. The Labute approximate surface area is 130 Å². The van der Waals surface area contributed by atoms with Gasteiger partial charge in [0.25, 0.3) is 0 Å². The van der Waals surface area contributed by atoms with Crippen molar-refractivity contribution in [1.82, 2.24) is 14.8 Å². The maximum absolute atomic E-state index is 12.1. The third kappa shape index (κ3) is 3.27. The molecule has 6 heteroatoms. The van der Waals surface area contributed by atoms with Crippen molar-refractivity contribution in [3.05, 3.63) is 35.8 Å². The summed E-state index contributed by atoms with van der Waals surface area (Å²) in [6, 6.07) is 5.82.